The molecule has 3 amide bonds. The third-order valence-electron chi connectivity index (χ3n) is 7.58. The summed E-state index contributed by atoms with van der Waals surface area (Å²) < 4.78 is 34.2. The standard InChI is InChI=1S/C31H25ClN8O8S/c32-22-11-12-24(23(15-22)40(44)45)49(46,47)39-14-13-37(17-26(39)42)25(41)16-38-19-35-29-27(33-18-34-29)30(38)36-31(43)48-28(20-7-3-1-4-8-20)21-9-5-2-6-10-21/h1-12,15,18-19,28H,13-14,16-17H2,(H,33,34). The smallest absolute Gasteiger partial charge is 0.435 e. The maximum atomic E-state index is 13.4. The second kappa shape index (κ2) is 13.7. The zero-order valence-electron chi connectivity index (χ0n) is 25.2. The number of amides is 3. The molecule has 1 aliphatic rings. The summed E-state index contributed by atoms with van der Waals surface area (Å²) in [7, 11) is -4.65. The first-order chi connectivity index (χ1) is 23.5. The lowest BCUT2D eigenvalue weighted by molar-refractivity contribution is -0.387. The summed E-state index contributed by atoms with van der Waals surface area (Å²) >= 11 is 5.82. The molecular formula is C31H25ClN8O8S. The zero-order valence-corrected chi connectivity index (χ0v) is 26.8. The number of benzene rings is 3. The highest BCUT2D eigenvalue weighted by atomic mass is 35.5. The van der Waals surface area contributed by atoms with E-state index in [1.54, 1.807) is 0 Å². The summed E-state index contributed by atoms with van der Waals surface area (Å²) in [5, 5.41) is 11.5. The first-order valence-corrected chi connectivity index (χ1v) is 16.4. The average molecular weight is 705 g/mol. The molecule has 1 aliphatic heterocycles. The van der Waals surface area contributed by atoms with Crippen LogP contribution in [0.5, 0.6) is 0 Å². The van der Waals surface area contributed by atoms with Crippen molar-refractivity contribution in [2.24, 2.45) is 4.99 Å². The van der Waals surface area contributed by atoms with E-state index in [0.717, 1.165) is 23.1 Å². The quantitative estimate of drug-likeness (QED) is 0.185. The Balaban J connectivity index is 1.24. The Hall–Kier alpha value is -5.94. The lowest BCUT2D eigenvalue weighted by Gasteiger charge is -2.33. The molecule has 1 N–H and O–H groups in total. The Morgan fingerprint density at radius 2 is 1.69 bits per heavy atom. The van der Waals surface area contributed by atoms with Crippen molar-refractivity contribution < 1.29 is 32.5 Å². The molecular weight excluding hydrogens is 680 g/mol. The van der Waals surface area contributed by atoms with Gasteiger partial charge in [-0.15, -0.1) is 0 Å². The third kappa shape index (κ3) is 6.88. The Bertz CT molecular complexity index is 2220. The van der Waals surface area contributed by atoms with E-state index in [-0.39, 0.29) is 28.2 Å². The fourth-order valence-corrected chi connectivity index (χ4v) is 6.94. The van der Waals surface area contributed by atoms with Crippen LogP contribution in [0.4, 0.5) is 10.5 Å². The van der Waals surface area contributed by atoms with Gasteiger partial charge in [0.25, 0.3) is 21.6 Å². The molecule has 0 spiro atoms. The number of sulfonamides is 1. The van der Waals surface area contributed by atoms with Crippen LogP contribution in [-0.2, 0) is 30.9 Å². The number of hydrogen-bond donors (Lipinski definition) is 1. The van der Waals surface area contributed by atoms with Crippen molar-refractivity contribution >= 4 is 56.4 Å². The average Bonchev–Trinajstić information content (AvgIpc) is 3.58. The van der Waals surface area contributed by atoms with Crippen LogP contribution in [0.2, 0.25) is 5.02 Å². The topological polar surface area (TPSA) is 203 Å². The zero-order chi connectivity index (χ0) is 34.7. The second-order valence-corrected chi connectivity index (χ2v) is 12.9. The molecule has 6 rings (SSSR count). The number of aromatic nitrogens is 4. The van der Waals surface area contributed by atoms with Crippen molar-refractivity contribution in [3.63, 3.8) is 0 Å². The lowest BCUT2D eigenvalue weighted by Crippen LogP contribution is -2.54. The summed E-state index contributed by atoms with van der Waals surface area (Å²) in [5.41, 5.74) is 1.05. The molecule has 5 aromatic rings. The predicted molar refractivity (Wildman–Crippen MR) is 172 cm³/mol. The molecule has 1 fully saturated rings. The van der Waals surface area contributed by atoms with E-state index < -0.39 is 69.2 Å². The van der Waals surface area contributed by atoms with Gasteiger partial charge in [0, 0.05) is 17.6 Å². The Morgan fingerprint density at radius 1 is 1.02 bits per heavy atom. The maximum absolute atomic E-state index is 13.4. The number of nitrogens with one attached hydrogen (secondary N) is 1. The minimum atomic E-state index is -4.65. The van der Waals surface area contributed by atoms with Gasteiger partial charge in [-0.25, -0.2) is 27.5 Å². The van der Waals surface area contributed by atoms with Gasteiger partial charge in [-0.05, 0) is 23.3 Å². The van der Waals surface area contributed by atoms with Crippen molar-refractivity contribution in [3.8, 4) is 0 Å². The highest BCUT2D eigenvalue weighted by Crippen LogP contribution is 2.30. The van der Waals surface area contributed by atoms with Crippen molar-refractivity contribution in [1.29, 1.82) is 0 Å². The van der Waals surface area contributed by atoms with Gasteiger partial charge in [0.2, 0.25) is 5.91 Å². The molecule has 1 saturated heterocycles. The normalized spacial score (nSPS) is 14.0. The largest absolute Gasteiger partial charge is 0.436 e. The van der Waals surface area contributed by atoms with Gasteiger partial charge < -0.3 is 19.2 Å². The Morgan fingerprint density at radius 3 is 2.33 bits per heavy atom. The number of H-pyrrole nitrogens is 1. The number of carbonyl (C=O) groups is 3. The molecule has 3 aromatic carbocycles. The highest BCUT2D eigenvalue weighted by molar-refractivity contribution is 7.89. The number of piperazine rings is 1. The van der Waals surface area contributed by atoms with E-state index in [2.05, 4.69) is 19.9 Å². The molecule has 0 radical (unpaired) electrons. The second-order valence-electron chi connectivity index (χ2n) is 10.6. The van der Waals surface area contributed by atoms with E-state index in [4.69, 9.17) is 16.3 Å². The first kappa shape index (κ1) is 33.0. The number of nitrogens with zero attached hydrogens (tertiary/aromatic N) is 7. The van der Waals surface area contributed by atoms with Crippen LogP contribution in [0.15, 0.2) is 101 Å². The molecule has 0 aliphatic carbocycles. The number of nitro groups is 1. The molecule has 0 bridgehead atoms. The fourth-order valence-electron chi connectivity index (χ4n) is 5.25. The van der Waals surface area contributed by atoms with Gasteiger partial charge in [-0.2, -0.15) is 4.99 Å². The van der Waals surface area contributed by atoms with Crippen LogP contribution >= 0.6 is 11.6 Å². The van der Waals surface area contributed by atoms with Gasteiger partial charge in [-0.1, -0.05) is 72.3 Å². The lowest BCUT2D eigenvalue weighted by atomic mass is 10.0. The first-order valence-electron chi connectivity index (χ1n) is 14.5. The third-order valence-corrected chi connectivity index (χ3v) is 9.68. The number of ether oxygens (including phenoxy) is 1. The Kier molecular flexibility index (Phi) is 9.19. The number of rotatable bonds is 8. The molecule has 2 aromatic heterocycles. The summed E-state index contributed by atoms with van der Waals surface area (Å²) in [5.74, 6) is -1.60. The van der Waals surface area contributed by atoms with E-state index in [0.29, 0.717) is 15.4 Å². The maximum Gasteiger partial charge on any atom is 0.436 e. The van der Waals surface area contributed by atoms with E-state index >= 15 is 0 Å². The number of aromatic amines is 1. The molecule has 3 heterocycles. The van der Waals surface area contributed by atoms with E-state index in [1.807, 2.05) is 60.7 Å². The monoisotopic (exact) mass is 704 g/mol. The fraction of sp³-hybridized carbons (Fsp3) is 0.161. The Labute approximate surface area is 282 Å². The van der Waals surface area contributed by atoms with Crippen LogP contribution in [0.1, 0.15) is 17.2 Å². The molecule has 49 heavy (non-hydrogen) atoms. The molecule has 250 valence electrons. The number of imidazole rings is 1. The van der Waals surface area contributed by atoms with Crippen molar-refractivity contribution in [1.82, 2.24) is 28.7 Å². The SMILES string of the molecule is O=C(N=c1c2[nH]cnc2ncn1CC(=O)N1CCN(S(=O)(=O)c2ccc(Cl)cc2[N+](=O)[O-])C(=O)C1)OC(c1ccccc1)c1ccccc1. The van der Waals surface area contributed by atoms with Crippen LogP contribution in [0.3, 0.4) is 0 Å². The number of carbonyl (C=O) groups excluding carboxylic acids is 3. The summed E-state index contributed by atoms with van der Waals surface area (Å²) in [6.45, 7) is -1.75. The summed E-state index contributed by atoms with van der Waals surface area (Å²) in [4.78, 5) is 66.2. The van der Waals surface area contributed by atoms with E-state index in [1.165, 1.54) is 17.2 Å². The number of nitro benzene ring substituents is 1. The van der Waals surface area contributed by atoms with Gasteiger partial charge in [0.05, 0.1) is 24.1 Å². The molecule has 18 heteroatoms. The predicted octanol–water partition coefficient (Wildman–Crippen LogP) is 3.21. The molecule has 16 nitrogen and oxygen atoms in total. The van der Waals surface area contributed by atoms with Crippen LogP contribution in [0, 0.1) is 10.1 Å². The molecule has 0 saturated carbocycles. The molecule has 0 unspecified atom stereocenters. The van der Waals surface area contributed by atoms with Crippen LogP contribution in [0.25, 0.3) is 11.2 Å². The number of hydrogen-bond acceptors (Lipinski definition) is 10. The number of halogens is 1. The van der Waals surface area contributed by atoms with Gasteiger partial charge in [0.1, 0.15) is 18.6 Å². The van der Waals surface area contributed by atoms with Crippen LogP contribution < -0.4 is 5.49 Å². The highest BCUT2D eigenvalue weighted by Gasteiger charge is 2.39. The van der Waals surface area contributed by atoms with Crippen molar-refractivity contribution in [2.75, 3.05) is 19.6 Å². The van der Waals surface area contributed by atoms with Gasteiger partial charge in [0.15, 0.2) is 22.1 Å². The van der Waals surface area contributed by atoms with Crippen LogP contribution in [-0.4, -0.2) is 79.6 Å². The van der Waals surface area contributed by atoms with E-state index in [9.17, 15) is 32.9 Å². The molecule has 0 atom stereocenters. The van der Waals surface area contributed by atoms with Crippen molar-refractivity contribution in [2.45, 2.75) is 17.5 Å². The van der Waals surface area contributed by atoms with Gasteiger partial charge >= 0.3 is 6.09 Å². The number of fused-ring (bicyclic) bond motifs is 1. The minimum absolute atomic E-state index is 0.0247. The summed E-state index contributed by atoms with van der Waals surface area (Å²) in [6, 6.07) is 21.2. The van der Waals surface area contributed by atoms with Gasteiger partial charge in [-0.3, -0.25) is 19.7 Å². The minimum Gasteiger partial charge on any atom is -0.435 e. The van der Waals surface area contributed by atoms with Crippen molar-refractivity contribution in [3.05, 3.63) is 123 Å². The summed E-state index contributed by atoms with van der Waals surface area (Å²) in [6.07, 6.45) is 0.835.